The summed E-state index contributed by atoms with van der Waals surface area (Å²) in [5, 5.41) is 9.35. The van der Waals surface area contributed by atoms with Crippen LogP contribution in [-0.4, -0.2) is 11.7 Å². The molecular weight excluding hydrogens is 196 g/mol. The maximum atomic E-state index is 5.20. The molecule has 1 aliphatic rings. The molecule has 0 spiro atoms. The lowest BCUT2D eigenvalue weighted by Gasteiger charge is -1.93. The molecule has 4 heteroatoms. The number of nitrogens with one attached hydrogen (secondary N) is 1. The SMILES string of the molecule is c1csc(Cc2noc3c2CCN3)c1. The third-order valence-electron chi connectivity index (χ3n) is 2.45. The molecule has 14 heavy (non-hydrogen) atoms. The molecule has 0 saturated carbocycles. The second-order valence-electron chi connectivity index (χ2n) is 3.37. The van der Waals surface area contributed by atoms with Crippen molar-refractivity contribution in [3.63, 3.8) is 0 Å². The minimum Gasteiger partial charge on any atom is -0.353 e. The molecule has 3 rings (SSSR count). The average Bonchev–Trinajstić information content (AvgIpc) is 2.85. The van der Waals surface area contributed by atoms with Crippen LogP contribution in [0.5, 0.6) is 0 Å². The normalized spacial score (nSPS) is 14.0. The van der Waals surface area contributed by atoms with E-state index in [0.29, 0.717) is 0 Å². The van der Waals surface area contributed by atoms with Crippen LogP contribution in [0.1, 0.15) is 16.1 Å². The van der Waals surface area contributed by atoms with E-state index in [4.69, 9.17) is 4.52 Å². The summed E-state index contributed by atoms with van der Waals surface area (Å²) >= 11 is 1.76. The zero-order valence-electron chi connectivity index (χ0n) is 7.62. The van der Waals surface area contributed by atoms with Gasteiger partial charge in [0.05, 0.1) is 5.69 Å². The van der Waals surface area contributed by atoms with Gasteiger partial charge in [-0.15, -0.1) is 11.3 Å². The van der Waals surface area contributed by atoms with Gasteiger partial charge in [0.2, 0.25) is 5.88 Å². The molecule has 0 bridgehead atoms. The summed E-state index contributed by atoms with van der Waals surface area (Å²) in [6, 6.07) is 4.20. The van der Waals surface area contributed by atoms with Crippen LogP contribution < -0.4 is 5.32 Å². The fourth-order valence-corrected chi connectivity index (χ4v) is 2.47. The molecule has 2 aromatic heterocycles. The molecule has 72 valence electrons. The van der Waals surface area contributed by atoms with Crippen molar-refractivity contribution in [3.8, 4) is 0 Å². The third kappa shape index (κ3) is 1.23. The smallest absolute Gasteiger partial charge is 0.228 e. The maximum Gasteiger partial charge on any atom is 0.228 e. The van der Waals surface area contributed by atoms with Crippen molar-refractivity contribution >= 4 is 17.2 Å². The number of anilines is 1. The Hall–Kier alpha value is -1.29. The second-order valence-corrected chi connectivity index (χ2v) is 4.40. The van der Waals surface area contributed by atoms with Gasteiger partial charge in [0.15, 0.2) is 0 Å². The highest BCUT2D eigenvalue weighted by Gasteiger charge is 2.20. The first-order valence-corrected chi connectivity index (χ1v) is 5.55. The molecule has 0 atom stereocenters. The minimum atomic E-state index is 0.872. The van der Waals surface area contributed by atoms with E-state index in [1.165, 1.54) is 10.4 Å². The molecule has 0 fully saturated rings. The summed E-state index contributed by atoms with van der Waals surface area (Å²) in [6.45, 7) is 0.980. The van der Waals surface area contributed by atoms with E-state index in [0.717, 1.165) is 31.0 Å². The maximum absolute atomic E-state index is 5.20. The van der Waals surface area contributed by atoms with Crippen molar-refractivity contribution in [1.82, 2.24) is 5.16 Å². The van der Waals surface area contributed by atoms with Crippen LogP contribution in [0, 0.1) is 0 Å². The lowest BCUT2D eigenvalue weighted by Crippen LogP contribution is -1.94. The minimum absolute atomic E-state index is 0.872. The van der Waals surface area contributed by atoms with Crippen molar-refractivity contribution in [3.05, 3.63) is 33.6 Å². The van der Waals surface area contributed by atoms with Crippen molar-refractivity contribution in [2.75, 3.05) is 11.9 Å². The van der Waals surface area contributed by atoms with E-state index >= 15 is 0 Å². The summed E-state index contributed by atoms with van der Waals surface area (Å²) in [5.74, 6) is 0.872. The number of hydrogen-bond acceptors (Lipinski definition) is 4. The van der Waals surface area contributed by atoms with E-state index in [2.05, 4.69) is 28.0 Å². The van der Waals surface area contributed by atoms with Crippen molar-refractivity contribution in [2.24, 2.45) is 0 Å². The fourth-order valence-electron chi connectivity index (χ4n) is 1.76. The zero-order chi connectivity index (χ0) is 9.38. The monoisotopic (exact) mass is 206 g/mol. The Labute approximate surface area is 85.7 Å². The van der Waals surface area contributed by atoms with Gasteiger partial charge in [-0.05, 0) is 17.9 Å². The van der Waals surface area contributed by atoms with Crippen LogP contribution >= 0.6 is 11.3 Å². The van der Waals surface area contributed by atoms with Gasteiger partial charge < -0.3 is 9.84 Å². The Bertz CT molecular complexity index is 433. The molecule has 0 amide bonds. The topological polar surface area (TPSA) is 38.1 Å². The van der Waals surface area contributed by atoms with Gasteiger partial charge in [0.1, 0.15) is 0 Å². The Morgan fingerprint density at radius 3 is 3.43 bits per heavy atom. The van der Waals surface area contributed by atoms with Gasteiger partial charge in [-0.2, -0.15) is 0 Å². The number of aromatic nitrogens is 1. The number of rotatable bonds is 2. The largest absolute Gasteiger partial charge is 0.353 e. The number of thiophene rings is 1. The summed E-state index contributed by atoms with van der Waals surface area (Å²) in [6.07, 6.45) is 1.94. The van der Waals surface area contributed by atoms with Crippen LogP contribution in [0.4, 0.5) is 5.88 Å². The first-order chi connectivity index (χ1) is 6.93. The highest BCUT2D eigenvalue weighted by Crippen LogP contribution is 2.27. The molecule has 3 nitrogen and oxygen atoms in total. The first kappa shape index (κ1) is 8.05. The number of fused-ring (bicyclic) bond motifs is 1. The average molecular weight is 206 g/mol. The fraction of sp³-hybridized carbons (Fsp3) is 0.300. The molecule has 1 aliphatic heterocycles. The predicted octanol–water partition coefficient (Wildman–Crippen LogP) is 2.29. The van der Waals surface area contributed by atoms with Gasteiger partial charge in [-0.1, -0.05) is 11.2 Å². The Morgan fingerprint density at radius 2 is 2.57 bits per heavy atom. The van der Waals surface area contributed by atoms with Crippen LogP contribution in [-0.2, 0) is 12.8 Å². The Balaban J connectivity index is 1.90. The van der Waals surface area contributed by atoms with E-state index in [1.54, 1.807) is 11.3 Å². The van der Waals surface area contributed by atoms with Crippen LogP contribution in [0.3, 0.4) is 0 Å². The zero-order valence-corrected chi connectivity index (χ0v) is 8.43. The van der Waals surface area contributed by atoms with Crippen molar-refractivity contribution in [2.45, 2.75) is 12.8 Å². The molecule has 0 aliphatic carbocycles. The molecule has 0 unspecified atom stereocenters. The lowest BCUT2D eigenvalue weighted by atomic mass is 10.1. The number of nitrogens with zero attached hydrogens (tertiary/aromatic N) is 1. The Morgan fingerprint density at radius 1 is 1.57 bits per heavy atom. The van der Waals surface area contributed by atoms with Gasteiger partial charge in [-0.25, -0.2) is 0 Å². The highest BCUT2D eigenvalue weighted by atomic mass is 32.1. The van der Waals surface area contributed by atoms with Gasteiger partial charge in [0.25, 0.3) is 0 Å². The van der Waals surface area contributed by atoms with Gasteiger partial charge in [-0.3, -0.25) is 0 Å². The second kappa shape index (κ2) is 3.13. The first-order valence-electron chi connectivity index (χ1n) is 4.67. The van der Waals surface area contributed by atoms with Crippen molar-refractivity contribution < 1.29 is 4.52 Å². The lowest BCUT2D eigenvalue weighted by molar-refractivity contribution is 0.426. The molecule has 2 aromatic rings. The molecule has 0 saturated heterocycles. The summed E-state index contributed by atoms with van der Waals surface area (Å²) in [4.78, 5) is 1.34. The number of hydrogen-bond donors (Lipinski definition) is 1. The van der Waals surface area contributed by atoms with Gasteiger partial charge >= 0.3 is 0 Å². The molecule has 3 heterocycles. The van der Waals surface area contributed by atoms with Crippen LogP contribution in [0.15, 0.2) is 22.0 Å². The van der Waals surface area contributed by atoms with Crippen molar-refractivity contribution in [1.29, 1.82) is 0 Å². The van der Waals surface area contributed by atoms with E-state index in [1.807, 2.05) is 0 Å². The summed E-state index contributed by atoms with van der Waals surface area (Å²) < 4.78 is 5.20. The van der Waals surface area contributed by atoms with Gasteiger partial charge in [0, 0.05) is 23.4 Å². The third-order valence-corrected chi connectivity index (χ3v) is 3.33. The molecule has 0 aromatic carbocycles. The molecular formula is C10H10N2OS. The highest BCUT2D eigenvalue weighted by molar-refractivity contribution is 7.09. The molecule has 1 N–H and O–H groups in total. The van der Waals surface area contributed by atoms with E-state index in [-0.39, 0.29) is 0 Å². The quantitative estimate of drug-likeness (QED) is 0.819. The van der Waals surface area contributed by atoms with Crippen LogP contribution in [0.2, 0.25) is 0 Å². The van der Waals surface area contributed by atoms with Crippen LogP contribution in [0.25, 0.3) is 0 Å². The summed E-state index contributed by atoms with van der Waals surface area (Å²) in [7, 11) is 0. The van der Waals surface area contributed by atoms with E-state index in [9.17, 15) is 0 Å². The standard InChI is InChI=1S/C10H10N2OS/c1-2-7(14-5-1)6-9-8-3-4-11-10(8)13-12-9/h1-2,5,11H,3-4,6H2. The van der Waals surface area contributed by atoms with E-state index < -0.39 is 0 Å². The summed E-state index contributed by atoms with van der Waals surface area (Å²) in [5.41, 5.74) is 2.35. The predicted molar refractivity (Wildman–Crippen MR) is 55.8 cm³/mol. The Kier molecular flexibility index (Phi) is 1.80. The molecule has 0 radical (unpaired) electrons.